The van der Waals surface area contributed by atoms with Crippen LogP contribution in [0.5, 0.6) is 0 Å². The Morgan fingerprint density at radius 3 is 2.09 bits per heavy atom. The van der Waals surface area contributed by atoms with E-state index < -0.39 is 0 Å². The van der Waals surface area contributed by atoms with E-state index in [0.717, 1.165) is 28.2 Å². The molecule has 0 saturated carbocycles. The molecule has 44 heavy (non-hydrogen) atoms. The largest absolute Gasteiger partial charge is 0.126 e. The van der Waals surface area contributed by atoms with Gasteiger partial charge in [0.2, 0.25) is 0 Å². The van der Waals surface area contributed by atoms with E-state index in [4.69, 9.17) is 0 Å². The Labute approximate surface area is 267 Å². The molecule has 0 nitrogen and oxygen atoms in total. The summed E-state index contributed by atoms with van der Waals surface area (Å²) >= 11 is 3.51. The van der Waals surface area contributed by atoms with E-state index in [2.05, 4.69) is 159 Å². The van der Waals surface area contributed by atoms with Gasteiger partial charge in [-0.25, -0.2) is 0 Å². The number of benzene rings is 2. The highest BCUT2D eigenvalue weighted by Gasteiger charge is 2.23. The van der Waals surface area contributed by atoms with Crippen LogP contribution in [0.1, 0.15) is 36.4 Å². The second kappa shape index (κ2) is 12.6. The van der Waals surface area contributed by atoms with E-state index in [9.17, 15) is 0 Å². The molecule has 0 aliphatic heterocycles. The van der Waals surface area contributed by atoms with Crippen LogP contribution in [0.25, 0.3) is 33.1 Å². The Morgan fingerprint density at radius 2 is 1.30 bits per heavy atom. The van der Waals surface area contributed by atoms with Crippen molar-refractivity contribution >= 4 is 46.0 Å². The van der Waals surface area contributed by atoms with Crippen LogP contribution in [0.4, 0.5) is 0 Å². The second-order valence-electron chi connectivity index (χ2n) is 11.4. The third kappa shape index (κ3) is 5.93. The molecule has 0 fully saturated rings. The van der Waals surface area contributed by atoms with Gasteiger partial charge in [0.15, 0.2) is 0 Å². The lowest BCUT2D eigenvalue weighted by Crippen LogP contribution is -2.35. The standard InChI is InChI=1S/C42H32S2/c1-29-11-3-4-12-30(2)36(37-16-8-5-13-31(37)27-29)23-19-34-21-25-41(43-34)42-26-22-35(44-42)20-24-40-38-17-9-6-14-32(38)28-33-15-7-10-18-39(33)40/h5-18,21-22,25-28,32,38H,3-4H2,1-2H3/b29-11?,30-12+,31-27?,37-36-. The summed E-state index contributed by atoms with van der Waals surface area (Å²) in [5.74, 6) is 14.8. The van der Waals surface area contributed by atoms with Gasteiger partial charge in [-0.05, 0) is 77.4 Å². The lowest BCUT2D eigenvalue weighted by Gasteiger charge is -2.25. The molecule has 0 bridgehead atoms. The second-order valence-corrected chi connectivity index (χ2v) is 13.6. The van der Waals surface area contributed by atoms with E-state index in [1.54, 1.807) is 22.7 Å². The van der Waals surface area contributed by atoms with Crippen LogP contribution in [-0.4, -0.2) is 0 Å². The zero-order valence-electron chi connectivity index (χ0n) is 24.9. The summed E-state index contributed by atoms with van der Waals surface area (Å²) < 4.78 is 0. The number of thiophene rings is 2. The van der Waals surface area contributed by atoms with E-state index in [0.29, 0.717) is 11.8 Å². The van der Waals surface area contributed by atoms with Crippen molar-refractivity contribution in [3.05, 3.63) is 151 Å². The average molecular weight is 601 g/mol. The molecule has 212 valence electrons. The van der Waals surface area contributed by atoms with Crippen LogP contribution in [0.15, 0.2) is 120 Å². The van der Waals surface area contributed by atoms with Gasteiger partial charge >= 0.3 is 0 Å². The summed E-state index contributed by atoms with van der Waals surface area (Å²) in [5, 5.41) is 4.95. The molecule has 0 spiro atoms. The zero-order chi connectivity index (χ0) is 29.9. The first-order valence-corrected chi connectivity index (χ1v) is 16.8. The number of hydrogen-bond donors (Lipinski definition) is 0. The quantitative estimate of drug-likeness (QED) is 0.199. The van der Waals surface area contributed by atoms with Crippen LogP contribution < -0.4 is 20.9 Å². The topological polar surface area (TPSA) is 0 Å². The van der Waals surface area contributed by atoms with Gasteiger partial charge in [-0.1, -0.05) is 126 Å². The highest BCUT2D eigenvalue weighted by molar-refractivity contribution is 7.22. The molecule has 0 saturated heterocycles. The van der Waals surface area contributed by atoms with E-state index in [-0.39, 0.29) is 0 Å². The fraction of sp³-hybridized carbons (Fsp3) is 0.143. The minimum absolute atomic E-state index is 0.300. The first kappa shape index (κ1) is 28.2. The SMILES string of the molecule is CC1=CCC/C=C(C)/C(C#Cc2ccc(-c3ccc(C#CC4=c5ccccc5=CC5C=CC=CC45)s3)s2)=c2/ccccc2=C1. The maximum absolute atomic E-state index is 3.59. The highest BCUT2D eigenvalue weighted by Crippen LogP contribution is 2.34. The van der Waals surface area contributed by atoms with Crippen molar-refractivity contribution in [2.24, 2.45) is 11.8 Å². The van der Waals surface area contributed by atoms with Crippen LogP contribution in [-0.2, 0) is 0 Å². The molecule has 4 aromatic rings. The summed E-state index contributed by atoms with van der Waals surface area (Å²) in [4.78, 5) is 4.63. The minimum Gasteiger partial charge on any atom is -0.126 e. The summed E-state index contributed by atoms with van der Waals surface area (Å²) in [6.07, 6.45) is 20.2. The summed E-state index contributed by atoms with van der Waals surface area (Å²) in [6.45, 7) is 4.37. The molecule has 2 aromatic carbocycles. The maximum Gasteiger partial charge on any atom is 0.0779 e. The van der Waals surface area contributed by atoms with Gasteiger partial charge in [-0.3, -0.25) is 0 Å². The molecule has 0 N–H and O–H groups in total. The molecule has 2 heterocycles. The molecule has 3 aliphatic carbocycles. The predicted molar refractivity (Wildman–Crippen MR) is 191 cm³/mol. The normalized spacial score (nSPS) is 20.9. The van der Waals surface area contributed by atoms with Crippen LogP contribution in [0.2, 0.25) is 0 Å². The Kier molecular flexibility index (Phi) is 8.04. The van der Waals surface area contributed by atoms with Crippen molar-refractivity contribution in [3.8, 4) is 33.4 Å². The summed E-state index contributed by atoms with van der Waals surface area (Å²) in [5.41, 5.74) is 4.87. The third-order valence-corrected chi connectivity index (χ3v) is 10.5. The van der Waals surface area contributed by atoms with Gasteiger partial charge < -0.3 is 0 Å². The average Bonchev–Trinajstić information content (AvgIpc) is 3.72. The molecule has 2 aromatic heterocycles. The van der Waals surface area contributed by atoms with E-state index in [1.165, 1.54) is 47.3 Å². The fourth-order valence-electron chi connectivity index (χ4n) is 6.07. The summed E-state index contributed by atoms with van der Waals surface area (Å²) in [6, 6.07) is 25.9. The van der Waals surface area contributed by atoms with Crippen LogP contribution in [0.3, 0.4) is 0 Å². The van der Waals surface area contributed by atoms with Gasteiger partial charge in [0.05, 0.1) is 9.75 Å². The Bertz CT molecular complexity index is 2270. The Balaban J connectivity index is 1.20. The van der Waals surface area contributed by atoms with Crippen molar-refractivity contribution in [2.45, 2.75) is 26.7 Å². The van der Waals surface area contributed by atoms with Gasteiger partial charge in [-0.15, -0.1) is 22.7 Å². The Morgan fingerprint density at radius 1 is 0.636 bits per heavy atom. The molecule has 7 rings (SSSR count). The van der Waals surface area contributed by atoms with E-state index in [1.807, 2.05) is 0 Å². The zero-order valence-corrected chi connectivity index (χ0v) is 26.6. The van der Waals surface area contributed by atoms with Gasteiger partial charge in [-0.2, -0.15) is 0 Å². The molecule has 0 amide bonds. The first-order valence-electron chi connectivity index (χ1n) is 15.2. The predicted octanol–water partition coefficient (Wildman–Crippen LogP) is 7.50. The molecule has 3 aliphatic rings. The number of fused-ring (bicyclic) bond motifs is 3. The number of hydrogen-bond acceptors (Lipinski definition) is 2. The number of allylic oxidation sites excluding steroid dienone is 8. The van der Waals surface area contributed by atoms with Crippen molar-refractivity contribution < 1.29 is 0 Å². The molecule has 2 heteroatoms. The minimum atomic E-state index is 0.300. The van der Waals surface area contributed by atoms with Gasteiger partial charge in [0, 0.05) is 32.7 Å². The number of rotatable bonds is 1. The van der Waals surface area contributed by atoms with Gasteiger partial charge in [0.25, 0.3) is 0 Å². The van der Waals surface area contributed by atoms with E-state index >= 15 is 0 Å². The highest BCUT2D eigenvalue weighted by atomic mass is 32.1. The van der Waals surface area contributed by atoms with Crippen LogP contribution in [0, 0.1) is 35.5 Å². The van der Waals surface area contributed by atoms with Crippen LogP contribution >= 0.6 is 22.7 Å². The summed E-state index contributed by atoms with van der Waals surface area (Å²) in [7, 11) is 0. The third-order valence-electron chi connectivity index (χ3n) is 8.31. The molecule has 0 radical (unpaired) electrons. The monoisotopic (exact) mass is 600 g/mol. The Hall–Kier alpha value is -4.60. The molecular formula is C42H32S2. The lowest BCUT2D eigenvalue weighted by atomic mass is 9.78. The smallest absolute Gasteiger partial charge is 0.0779 e. The fourth-order valence-corrected chi connectivity index (χ4v) is 7.88. The van der Waals surface area contributed by atoms with Crippen molar-refractivity contribution in [2.75, 3.05) is 0 Å². The first-order chi connectivity index (χ1) is 21.6. The van der Waals surface area contributed by atoms with Crippen molar-refractivity contribution in [3.63, 3.8) is 0 Å². The maximum atomic E-state index is 3.59. The van der Waals surface area contributed by atoms with Gasteiger partial charge in [0.1, 0.15) is 0 Å². The lowest BCUT2D eigenvalue weighted by molar-refractivity contribution is 0.710. The molecule has 2 atom stereocenters. The van der Waals surface area contributed by atoms with Crippen molar-refractivity contribution in [1.29, 1.82) is 0 Å². The molecule has 2 unspecified atom stereocenters. The molecular weight excluding hydrogens is 569 g/mol. The van der Waals surface area contributed by atoms with Crippen molar-refractivity contribution in [1.82, 2.24) is 0 Å².